The summed E-state index contributed by atoms with van der Waals surface area (Å²) in [6.45, 7) is 3.41. The first-order valence-electron chi connectivity index (χ1n) is 6.41. The highest BCUT2D eigenvalue weighted by Gasteiger charge is 2.22. The fraction of sp³-hybridized carbons (Fsp3) is 0.571. The van der Waals surface area contributed by atoms with Gasteiger partial charge in [-0.15, -0.1) is 0 Å². The lowest BCUT2D eigenvalue weighted by molar-refractivity contribution is 0.191. The van der Waals surface area contributed by atoms with Crippen LogP contribution >= 0.6 is 0 Å². The van der Waals surface area contributed by atoms with Crippen molar-refractivity contribution >= 4 is 6.08 Å². The molecule has 1 N–H and O–H groups in total. The van der Waals surface area contributed by atoms with Gasteiger partial charge in [-0.3, -0.25) is 0 Å². The van der Waals surface area contributed by atoms with Crippen LogP contribution in [0.3, 0.4) is 0 Å². The summed E-state index contributed by atoms with van der Waals surface area (Å²) >= 11 is 0. The van der Waals surface area contributed by atoms with E-state index in [0.717, 1.165) is 42.9 Å². The number of methoxy groups -OCH3 is 1. The summed E-state index contributed by atoms with van der Waals surface area (Å²) in [6, 6.07) is 0. The Morgan fingerprint density at radius 2 is 2.17 bits per heavy atom. The molecule has 0 amide bonds. The average Bonchev–Trinajstić information content (AvgIpc) is 2.59. The first-order chi connectivity index (χ1) is 8.65. The fourth-order valence-corrected chi connectivity index (χ4v) is 2.49. The van der Waals surface area contributed by atoms with Crippen LogP contribution in [0.4, 0.5) is 4.39 Å². The summed E-state index contributed by atoms with van der Waals surface area (Å²) in [4.78, 5) is 0. The van der Waals surface area contributed by atoms with E-state index in [-0.39, 0.29) is 5.83 Å². The molecule has 0 aliphatic heterocycles. The third-order valence-corrected chi connectivity index (χ3v) is 3.52. The number of aromatic hydroxyl groups is 1. The van der Waals surface area contributed by atoms with Crippen molar-refractivity contribution < 1.29 is 14.2 Å². The van der Waals surface area contributed by atoms with Crippen LogP contribution in [0.2, 0.25) is 0 Å². The molecule has 3 nitrogen and oxygen atoms in total. The van der Waals surface area contributed by atoms with Gasteiger partial charge >= 0.3 is 0 Å². The van der Waals surface area contributed by atoms with Crippen LogP contribution in [-0.2, 0) is 17.7 Å². The molecule has 0 saturated carbocycles. The molecular weight excluding hydrogens is 233 g/mol. The molecule has 1 aliphatic carbocycles. The highest BCUT2D eigenvalue weighted by molar-refractivity contribution is 5.61. The summed E-state index contributed by atoms with van der Waals surface area (Å²) in [5.41, 5.74) is 2.56. The van der Waals surface area contributed by atoms with E-state index in [1.165, 1.54) is 0 Å². The number of unbranched alkanes of at least 4 members (excludes halogenated alkanes) is 1. The number of hydrogen-bond acceptors (Lipinski definition) is 2. The van der Waals surface area contributed by atoms with E-state index in [0.29, 0.717) is 18.6 Å². The highest BCUT2D eigenvalue weighted by Crippen LogP contribution is 2.36. The summed E-state index contributed by atoms with van der Waals surface area (Å²) < 4.78 is 20.4. The van der Waals surface area contributed by atoms with E-state index in [9.17, 15) is 9.50 Å². The van der Waals surface area contributed by atoms with Crippen LogP contribution in [0, 0.1) is 6.92 Å². The second-order valence-corrected chi connectivity index (χ2v) is 4.74. The smallest absolute Gasteiger partial charge is 0.139 e. The van der Waals surface area contributed by atoms with Gasteiger partial charge in [-0.2, -0.15) is 0 Å². The van der Waals surface area contributed by atoms with Crippen molar-refractivity contribution in [3.63, 3.8) is 0 Å². The van der Waals surface area contributed by atoms with E-state index in [4.69, 9.17) is 4.74 Å². The fourth-order valence-electron chi connectivity index (χ4n) is 2.49. The van der Waals surface area contributed by atoms with E-state index >= 15 is 0 Å². The first kappa shape index (κ1) is 13.1. The summed E-state index contributed by atoms with van der Waals surface area (Å²) in [7, 11) is 1.69. The SMILES string of the molecule is COCCCCn1c(C)c(O)c2c1C=C(F)CC2. The highest BCUT2D eigenvalue weighted by atomic mass is 19.1. The first-order valence-corrected chi connectivity index (χ1v) is 6.41. The lowest BCUT2D eigenvalue weighted by atomic mass is 10.0. The predicted molar refractivity (Wildman–Crippen MR) is 69.3 cm³/mol. The van der Waals surface area contributed by atoms with Gasteiger partial charge in [-0.05, 0) is 32.3 Å². The number of allylic oxidation sites excluding steroid dienone is 1. The predicted octanol–water partition coefficient (Wildman–Crippen LogP) is 3.19. The zero-order chi connectivity index (χ0) is 13.1. The van der Waals surface area contributed by atoms with E-state index < -0.39 is 0 Å². The minimum absolute atomic E-state index is 0.0989. The zero-order valence-electron chi connectivity index (χ0n) is 11.0. The third kappa shape index (κ3) is 2.43. The zero-order valence-corrected chi connectivity index (χ0v) is 11.0. The second kappa shape index (κ2) is 5.57. The minimum Gasteiger partial charge on any atom is -0.506 e. The molecule has 0 radical (unpaired) electrons. The van der Waals surface area contributed by atoms with Gasteiger partial charge in [0.25, 0.3) is 0 Å². The quantitative estimate of drug-likeness (QED) is 0.818. The Bertz CT molecular complexity index is 463. The third-order valence-electron chi connectivity index (χ3n) is 3.52. The van der Waals surface area contributed by atoms with Crippen molar-refractivity contribution in [1.29, 1.82) is 0 Å². The number of hydrogen-bond donors (Lipinski definition) is 1. The molecule has 1 aromatic heterocycles. The molecule has 0 saturated heterocycles. The van der Waals surface area contributed by atoms with E-state index in [1.807, 2.05) is 11.5 Å². The lowest BCUT2D eigenvalue weighted by Crippen LogP contribution is -2.06. The molecule has 1 aromatic rings. The summed E-state index contributed by atoms with van der Waals surface area (Å²) in [5.74, 6) is 0.235. The average molecular weight is 253 g/mol. The number of nitrogens with zero attached hydrogens (tertiary/aromatic N) is 1. The Hall–Kier alpha value is -1.29. The van der Waals surface area contributed by atoms with Gasteiger partial charge in [0.1, 0.15) is 11.6 Å². The van der Waals surface area contributed by atoms with Gasteiger partial charge in [0.15, 0.2) is 0 Å². The molecule has 0 unspecified atom stereocenters. The van der Waals surface area contributed by atoms with Crippen molar-refractivity contribution in [2.24, 2.45) is 0 Å². The monoisotopic (exact) mass is 253 g/mol. The number of rotatable bonds is 5. The van der Waals surface area contributed by atoms with Crippen LogP contribution in [0.5, 0.6) is 5.75 Å². The maximum Gasteiger partial charge on any atom is 0.139 e. The number of aromatic nitrogens is 1. The maximum atomic E-state index is 13.4. The summed E-state index contributed by atoms with van der Waals surface area (Å²) in [5, 5.41) is 10.1. The minimum atomic E-state index is -0.0989. The molecule has 100 valence electrons. The van der Waals surface area contributed by atoms with Gasteiger partial charge in [0, 0.05) is 32.2 Å². The van der Waals surface area contributed by atoms with Gasteiger partial charge in [-0.1, -0.05) is 0 Å². The Labute approximate surface area is 107 Å². The Kier molecular flexibility index (Phi) is 4.07. The normalized spacial score (nSPS) is 14.5. The van der Waals surface area contributed by atoms with Crippen molar-refractivity contribution in [2.75, 3.05) is 13.7 Å². The molecule has 18 heavy (non-hydrogen) atoms. The molecule has 0 atom stereocenters. The molecule has 1 aliphatic rings. The summed E-state index contributed by atoms with van der Waals surface area (Å²) in [6.07, 6.45) is 4.48. The molecule has 4 heteroatoms. The van der Waals surface area contributed by atoms with E-state index in [2.05, 4.69) is 0 Å². The molecule has 0 aromatic carbocycles. The van der Waals surface area contributed by atoms with E-state index in [1.54, 1.807) is 13.2 Å². The van der Waals surface area contributed by atoms with Crippen molar-refractivity contribution in [3.05, 3.63) is 22.8 Å². The molecule has 2 rings (SSSR count). The van der Waals surface area contributed by atoms with Crippen molar-refractivity contribution in [1.82, 2.24) is 4.57 Å². The largest absolute Gasteiger partial charge is 0.506 e. The Morgan fingerprint density at radius 3 is 2.89 bits per heavy atom. The van der Waals surface area contributed by atoms with Crippen LogP contribution in [0.1, 0.15) is 36.2 Å². The molecule has 0 spiro atoms. The van der Waals surface area contributed by atoms with Crippen LogP contribution in [0.15, 0.2) is 5.83 Å². The van der Waals surface area contributed by atoms with Crippen molar-refractivity contribution in [3.8, 4) is 5.75 Å². The lowest BCUT2D eigenvalue weighted by Gasteiger charge is -2.12. The molecule has 1 heterocycles. The van der Waals surface area contributed by atoms with Gasteiger partial charge in [0.2, 0.25) is 0 Å². The molecule has 0 fully saturated rings. The van der Waals surface area contributed by atoms with Gasteiger partial charge < -0.3 is 14.4 Å². The Balaban J connectivity index is 2.20. The topological polar surface area (TPSA) is 34.4 Å². The van der Waals surface area contributed by atoms with Gasteiger partial charge in [0.05, 0.1) is 11.4 Å². The molecular formula is C14H20FNO2. The number of ether oxygens (including phenoxy) is 1. The van der Waals surface area contributed by atoms with Crippen molar-refractivity contribution in [2.45, 2.75) is 39.2 Å². The maximum absolute atomic E-state index is 13.4. The molecule has 0 bridgehead atoms. The second-order valence-electron chi connectivity index (χ2n) is 4.74. The van der Waals surface area contributed by atoms with Crippen LogP contribution in [0.25, 0.3) is 6.08 Å². The van der Waals surface area contributed by atoms with Crippen LogP contribution in [-0.4, -0.2) is 23.4 Å². The number of fused-ring (bicyclic) bond motifs is 1. The van der Waals surface area contributed by atoms with Gasteiger partial charge in [-0.25, -0.2) is 4.39 Å². The standard InChI is InChI=1S/C14H20FNO2/c1-10-14(17)12-6-5-11(15)9-13(12)16(10)7-3-4-8-18-2/h9,17H,3-8H2,1-2H3. The Morgan fingerprint density at radius 1 is 1.39 bits per heavy atom. The van der Waals surface area contributed by atoms with Crippen LogP contribution < -0.4 is 0 Å². The number of halogens is 1.